The number of nitrogens with zero attached hydrogens (tertiary/aromatic N) is 1. The molecule has 2 aromatic heterocycles. The molecule has 7 heteroatoms. The number of nitrogens with one attached hydrogen (secondary N) is 2. The summed E-state index contributed by atoms with van der Waals surface area (Å²) in [4.78, 5) is 29.2. The van der Waals surface area contributed by atoms with Gasteiger partial charge in [-0.1, -0.05) is 6.92 Å². The van der Waals surface area contributed by atoms with Crippen LogP contribution in [0.5, 0.6) is 5.75 Å². The van der Waals surface area contributed by atoms with Crippen LogP contribution in [-0.4, -0.2) is 47.1 Å². The van der Waals surface area contributed by atoms with Crippen molar-refractivity contribution in [3.63, 3.8) is 0 Å². The van der Waals surface area contributed by atoms with Crippen molar-refractivity contribution in [3.05, 3.63) is 27.4 Å². The first kappa shape index (κ1) is 16.0. The van der Waals surface area contributed by atoms with Crippen LogP contribution in [0.15, 0.2) is 16.2 Å². The quantitative estimate of drug-likeness (QED) is 0.795. The number of H-pyrrole nitrogens is 1. The average Bonchev–Trinajstić information content (AvgIpc) is 2.98. The zero-order valence-corrected chi connectivity index (χ0v) is 13.9. The van der Waals surface area contributed by atoms with Gasteiger partial charge in [0.05, 0.1) is 10.2 Å². The standard InChI is InChI=1S/C16H21N3O3S/c1-10-2-6-19(7-3-10)8-5-17-15(21)12-13(20)14-11(4-9-23-14)18-16(12)22/h4,9-10H,2-3,5-8H2,1H3,(H,17,21)(H2,18,20,22). The second kappa shape index (κ2) is 6.72. The molecular formula is C16H21N3O3S. The van der Waals surface area contributed by atoms with Crippen molar-refractivity contribution >= 4 is 27.5 Å². The van der Waals surface area contributed by atoms with Crippen LogP contribution in [0.2, 0.25) is 0 Å². The molecule has 3 rings (SSSR count). The maximum absolute atomic E-state index is 12.2. The van der Waals surface area contributed by atoms with Gasteiger partial charge in [0, 0.05) is 13.1 Å². The second-order valence-corrected chi connectivity index (χ2v) is 7.04. The molecule has 23 heavy (non-hydrogen) atoms. The number of thiophene rings is 1. The molecular weight excluding hydrogens is 314 g/mol. The summed E-state index contributed by atoms with van der Waals surface area (Å²) in [7, 11) is 0. The van der Waals surface area contributed by atoms with Crippen LogP contribution >= 0.6 is 11.3 Å². The van der Waals surface area contributed by atoms with Crippen molar-refractivity contribution in [1.82, 2.24) is 15.2 Å². The zero-order valence-electron chi connectivity index (χ0n) is 13.1. The Morgan fingerprint density at radius 1 is 1.48 bits per heavy atom. The van der Waals surface area contributed by atoms with E-state index < -0.39 is 11.5 Å². The van der Waals surface area contributed by atoms with Crippen molar-refractivity contribution in [3.8, 4) is 5.75 Å². The molecule has 124 valence electrons. The molecule has 0 aromatic carbocycles. The molecule has 0 spiro atoms. The van der Waals surface area contributed by atoms with Crippen LogP contribution in [0, 0.1) is 5.92 Å². The number of piperidine rings is 1. The smallest absolute Gasteiger partial charge is 0.265 e. The number of hydrogen-bond acceptors (Lipinski definition) is 5. The number of likely N-dealkylation sites (tertiary alicyclic amines) is 1. The minimum absolute atomic E-state index is 0.202. The van der Waals surface area contributed by atoms with Crippen molar-refractivity contribution < 1.29 is 9.90 Å². The third kappa shape index (κ3) is 3.40. The van der Waals surface area contributed by atoms with Gasteiger partial charge in [-0.05, 0) is 43.3 Å². The number of carbonyl (C=O) groups is 1. The highest BCUT2D eigenvalue weighted by Gasteiger charge is 2.20. The van der Waals surface area contributed by atoms with Crippen LogP contribution in [0.4, 0.5) is 0 Å². The van der Waals surface area contributed by atoms with Crippen molar-refractivity contribution in [1.29, 1.82) is 0 Å². The van der Waals surface area contributed by atoms with E-state index in [1.807, 2.05) is 0 Å². The Hall–Kier alpha value is -1.86. The first-order valence-corrected chi connectivity index (χ1v) is 8.77. The zero-order chi connectivity index (χ0) is 16.4. The lowest BCUT2D eigenvalue weighted by Crippen LogP contribution is -2.40. The van der Waals surface area contributed by atoms with Gasteiger partial charge in [0.2, 0.25) is 0 Å². The molecule has 0 saturated carbocycles. The van der Waals surface area contributed by atoms with Gasteiger partial charge in [0.25, 0.3) is 11.5 Å². The van der Waals surface area contributed by atoms with Gasteiger partial charge in [-0.15, -0.1) is 11.3 Å². The molecule has 2 aromatic rings. The first-order chi connectivity index (χ1) is 11.1. The summed E-state index contributed by atoms with van der Waals surface area (Å²) in [5, 5.41) is 14.7. The van der Waals surface area contributed by atoms with E-state index in [1.54, 1.807) is 11.4 Å². The number of amides is 1. The van der Waals surface area contributed by atoms with Gasteiger partial charge in [0.1, 0.15) is 5.56 Å². The third-order valence-corrected chi connectivity index (χ3v) is 5.33. The predicted octanol–water partition coefficient (Wildman–Crippen LogP) is 1.76. The van der Waals surface area contributed by atoms with Gasteiger partial charge >= 0.3 is 0 Å². The van der Waals surface area contributed by atoms with E-state index in [0.717, 1.165) is 25.6 Å². The van der Waals surface area contributed by atoms with Crippen LogP contribution in [0.3, 0.4) is 0 Å². The molecule has 0 bridgehead atoms. The summed E-state index contributed by atoms with van der Waals surface area (Å²) in [6.07, 6.45) is 2.37. The Morgan fingerprint density at radius 2 is 2.22 bits per heavy atom. The summed E-state index contributed by atoms with van der Waals surface area (Å²) in [5.41, 5.74) is -0.207. The molecule has 1 amide bonds. The predicted molar refractivity (Wildman–Crippen MR) is 91.3 cm³/mol. The van der Waals surface area contributed by atoms with E-state index >= 15 is 0 Å². The molecule has 0 radical (unpaired) electrons. The monoisotopic (exact) mass is 335 g/mol. The largest absolute Gasteiger partial charge is 0.505 e. The van der Waals surface area contributed by atoms with E-state index in [9.17, 15) is 14.7 Å². The van der Waals surface area contributed by atoms with Crippen LogP contribution in [0.25, 0.3) is 10.2 Å². The molecule has 1 aliphatic heterocycles. The van der Waals surface area contributed by atoms with Crippen molar-refractivity contribution in [2.75, 3.05) is 26.2 Å². The lowest BCUT2D eigenvalue weighted by atomic mass is 9.99. The van der Waals surface area contributed by atoms with E-state index in [-0.39, 0.29) is 11.3 Å². The topological polar surface area (TPSA) is 85.4 Å². The number of aromatic amines is 1. The maximum atomic E-state index is 12.2. The second-order valence-electron chi connectivity index (χ2n) is 6.12. The fourth-order valence-electron chi connectivity index (χ4n) is 2.91. The number of aromatic hydroxyl groups is 1. The van der Waals surface area contributed by atoms with E-state index in [1.165, 1.54) is 24.2 Å². The molecule has 0 unspecified atom stereocenters. The lowest BCUT2D eigenvalue weighted by molar-refractivity contribution is 0.0940. The van der Waals surface area contributed by atoms with Gasteiger partial charge < -0.3 is 20.3 Å². The Morgan fingerprint density at radius 3 is 2.96 bits per heavy atom. The van der Waals surface area contributed by atoms with Gasteiger partial charge in [-0.2, -0.15) is 0 Å². The summed E-state index contributed by atoms with van der Waals surface area (Å²) in [6.45, 7) is 5.58. The summed E-state index contributed by atoms with van der Waals surface area (Å²) >= 11 is 1.29. The number of pyridine rings is 1. The van der Waals surface area contributed by atoms with Crippen molar-refractivity contribution in [2.24, 2.45) is 5.92 Å². The highest BCUT2D eigenvalue weighted by molar-refractivity contribution is 7.17. The molecule has 0 aliphatic carbocycles. The highest BCUT2D eigenvalue weighted by Crippen LogP contribution is 2.29. The minimum atomic E-state index is -0.558. The fourth-order valence-corrected chi connectivity index (χ4v) is 3.71. The third-order valence-electron chi connectivity index (χ3n) is 4.41. The molecule has 6 nitrogen and oxygen atoms in total. The molecule has 0 atom stereocenters. The molecule has 3 heterocycles. The molecule has 3 N–H and O–H groups in total. The van der Waals surface area contributed by atoms with Gasteiger partial charge in [-0.25, -0.2) is 0 Å². The SMILES string of the molecule is CC1CCN(CCNC(=O)c2c(O)c3sccc3[nH]c2=O)CC1. The van der Waals surface area contributed by atoms with Crippen LogP contribution < -0.4 is 10.9 Å². The normalized spacial score (nSPS) is 16.7. The van der Waals surface area contributed by atoms with E-state index in [0.29, 0.717) is 16.8 Å². The van der Waals surface area contributed by atoms with Gasteiger partial charge in [-0.3, -0.25) is 9.59 Å². The Balaban J connectivity index is 1.63. The van der Waals surface area contributed by atoms with E-state index in [2.05, 4.69) is 22.1 Å². The van der Waals surface area contributed by atoms with Crippen LogP contribution in [0.1, 0.15) is 30.1 Å². The first-order valence-electron chi connectivity index (χ1n) is 7.89. The van der Waals surface area contributed by atoms with Crippen molar-refractivity contribution in [2.45, 2.75) is 19.8 Å². The Labute approximate surface area is 138 Å². The number of aromatic nitrogens is 1. The molecule has 1 aliphatic rings. The Kier molecular flexibility index (Phi) is 4.68. The fraction of sp³-hybridized carbons (Fsp3) is 0.500. The van der Waals surface area contributed by atoms with Gasteiger partial charge in [0.15, 0.2) is 5.75 Å². The number of hydrogen-bond donors (Lipinski definition) is 3. The maximum Gasteiger partial charge on any atom is 0.265 e. The minimum Gasteiger partial charge on any atom is -0.505 e. The molecule has 1 saturated heterocycles. The number of fused-ring (bicyclic) bond motifs is 1. The lowest BCUT2D eigenvalue weighted by Gasteiger charge is -2.30. The summed E-state index contributed by atoms with van der Waals surface area (Å²) in [6, 6.07) is 1.71. The Bertz CT molecular complexity index is 760. The molecule has 1 fully saturated rings. The highest BCUT2D eigenvalue weighted by atomic mass is 32.1. The summed E-state index contributed by atoms with van der Waals surface area (Å²) in [5.74, 6) is 0.0151. The number of carbonyl (C=O) groups excluding carboxylic acids is 1. The van der Waals surface area contributed by atoms with E-state index in [4.69, 9.17) is 0 Å². The number of rotatable bonds is 4. The summed E-state index contributed by atoms with van der Waals surface area (Å²) < 4.78 is 0.528. The average molecular weight is 335 g/mol. The van der Waals surface area contributed by atoms with Crippen LogP contribution in [-0.2, 0) is 0 Å².